The molecule has 1 aromatic heterocycles. The molecule has 0 N–H and O–H groups in total. The Morgan fingerprint density at radius 2 is 2.10 bits per heavy atom. The van der Waals surface area contributed by atoms with Crippen molar-refractivity contribution >= 4 is 32.4 Å². The van der Waals surface area contributed by atoms with E-state index in [4.69, 9.17) is 9.72 Å². The zero-order chi connectivity index (χ0) is 14.2. The fourth-order valence-electron chi connectivity index (χ4n) is 2.87. The van der Waals surface area contributed by atoms with Gasteiger partial charge in [-0.3, -0.25) is 0 Å². The van der Waals surface area contributed by atoms with Gasteiger partial charge >= 0.3 is 0 Å². The third-order valence-electron chi connectivity index (χ3n) is 3.93. The number of aromatic nitrogens is 1. The largest absolute Gasteiger partial charge is 0.497 e. The summed E-state index contributed by atoms with van der Waals surface area (Å²) in [4.78, 5) is 7.14. The van der Waals surface area contributed by atoms with Gasteiger partial charge in [-0.25, -0.2) is 4.98 Å². The molecule has 1 aliphatic rings. The van der Waals surface area contributed by atoms with Crippen molar-refractivity contribution < 1.29 is 4.74 Å². The molecule has 3 nitrogen and oxygen atoms in total. The van der Waals surface area contributed by atoms with Crippen LogP contribution in [0.5, 0.6) is 5.75 Å². The smallest absolute Gasteiger partial charge is 0.190 e. The Morgan fingerprint density at radius 3 is 3.00 bits per heavy atom. The third-order valence-corrected chi connectivity index (χ3v) is 4.97. The van der Waals surface area contributed by atoms with Crippen molar-refractivity contribution in [3.63, 3.8) is 0 Å². The van der Waals surface area contributed by atoms with Gasteiger partial charge < -0.3 is 9.64 Å². The normalized spacial score (nSPS) is 14.2. The minimum absolute atomic E-state index is 0.886. The van der Waals surface area contributed by atoms with Gasteiger partial charge in [-0.1, -0.05) is 29.5 Å². The number of ether oxygens (including phenoxy) is 1. The van der Waals surface area contributed by atoms with E-state index < -0.39 is 0 Å². The first kappa shape index (κ1) is 12.7. The highest BCUT2D eigenvalue weighted by Gasteiger charge is 2.20. The molecule has 106 valence electrons. The maximum atomic E-state index is 5.30. The van der Waals surface area contributed by atoms with Crippen LogP contribution in [0.25, 0.3) is 10.2 Å². The molecule has 21 heavy (non-hydrogen) atoms. The number of thiazole rings is 1. The molecule has 2 aromatic carbocycles. The predicted octanol–water partition coefficient (Wildman–Crippen LogP) is 4.39. The van der Waals surface area contributed by atoms with Crippen LogP contribution in [0.4, 0.5) is 10.8 Å². The van der Waals surface area contributed by atoms with Crippen LogP contribution < -0.4 is 9.64 Å². The van der Waals surface area contributed by atoms with Crippen LogP contribution in [0.15, 0.2) is 42.5 Å². The number of hydrogen-bond donors (Lipinski definition) is 0. The number of benzene rings is 2. The summed E-state index contributed by atoms with van der Waals surface area (Å²) in [5.74, 6) is 0.886. The maximum absolute atomic E-state index is 5.30. The fraction of sp³-hybridized carbons (Fsp3) is 0.235. The van der Waals surface area contributed by atoms with Crippen molar-refractivity contribution in [3.8, 4) is 5.75 Å². The Balaban J connectivity index is 1.80. The van der Waals surface area contributed by atoms with Crippen LogP contribution in [0.1, 0.15) is 12.0 Å². The SMILES string of the molecule is COc1ccc2nc(N3CCCc4ccccc43)sc2c1. The summed E-state index contributed by atoms with van der Waals surface area (Å²) >= 11 is 1.73. The molecule has 0 bridgehead atoms. The van der Waals surface area contributed by atoms with Crippen molar-refractivity contribution in [3.05, 3.63) is 48.0 Å². The summed E-state index contributed by atoms with van der Waals surface area (Å²) in [6.07, 6.45) is 2.33. The summed E-state index contributed by atoms with van der Waals surface area (Å²) in [6, 6.07) is 14.7. The Labute approximate surface area is 127 Å². The van der Waals surface area contributed by atoms with Crippen LogP contribution in [0.3, 0.4) is 0 Å². The summed E-state index contributed by atoms with van der Waals surface area (Å²) in [7, 11) is 1.70. The lowest BCUT2D eigenvalue weighted by Crippen LogP contribution is -2.24. The van der Waals surface area contributed by atoms with Crippen LogP contribution >= 0.6 is 11.3 Å². The van der Waals surface area contributed by atoms with Crippen molar-refractivity contribution in [2.45, 2.75) is 12.8 Å². The lowest BCUT2D eigenvalue weighted by molar-refractivity contribution is 0.415. The molecule has 1 aliphatic heterocycles. The van der Waals surface area contributed by atoms with Gasteiger partial charge in [0.25, 0.3) is 0 Å². The number of fused-ring (bicyclic) bond motifs is 2. The number of methoxy groups -OCH3 is 1. The molecule has 0 saturated heterocycles. The molecule has 3 aromatic rings. The zero-order valence-corrected chi connectivity index (χ0v) is 12.7. The van der Waals surface area contributed by atoms with Gasteiger partial charge in [-0.2, -0.15) is 0 Å². The lowest BCUT2D eigenvalue weighted by atomic mass is 10.0. The third kappa shape index (κ3) is 2.16. The average Bonchev–Trinajstić information content (AvgIpc) is 2.97. The van der Waals surface area contributed by atoms with Gasteiger partial charge in [0.05, 0.1) is 17.3 Å². The molecule has 0 amide bonds. The molecule has 4 heteroatoms. The Kier molecular flexibility index (Phi) is 3.04. The van der Waals surface area contributed by atoms with Gasteiger partial charge in [0.1, 0.15) is 5.75 Å². The maximum Gasteiger partial charge on any atom is 0.190 e. The van der Waals surface area contributed by atoms with Crippen LogP contribution in [0, 0.1) is 0 Å². The van der Waals surface area contributed by atoms with Crippen LogP contribution in [-0.4, -0.2) is 18.6 Å². The van der Waals surface area contributed by atoms with Gasteiger partial charge in [0.15, 0.2) is 5.13 Å². The van der Waals surface area contributed by atoms with E-state index in [1.807, 2.05) is 12.1 Å². The first-order valence-electron chi connectivity index (χ1n) is 7.15. The quantitative estimate of drug-likeness (QED) is 0.701. The highest BCUT2D eigenvalue weighted by atomic mass is 32.1. The molecule has 0 saturated carbocycles. The molecule has 0 unspecified atom stereocenters. The second kappa shape index (κ2) is 5.04. The van der Waals surface area contributed by atoms with Gasteiger partial charge in [0.2, 0.25) is 0 Å². The lowest BCUT2D eigenvalue weighted by Gasteiger charge is -2.28. The number of hydrogen-bond acceptors (Lipinski definition) is 4. The summed E-state index contributed by atoms with van der Waals surface area (Å²) in [5.41, 5.74) is 3.76. The standard InChI is InChI=1S/C17H16N2OS/c1-20-13-8-9-14-16(11-13)21-17(18-14)19-10-4-6-12-5-2-3-7-15(12)19/h2-3,5,7-9,11H,4,6,10H2,1H3. The Hall–Kier alpha value is -2.07. The Morgan fingerprint density at radius 1 is 1.19 bits per heavy atom. The summed E-state index contributed by atoms with van der Waals surface area (Å²) < 4.78 is 6.47. The first-order chi connectivity index (χ1) is 10.3. The van der Waals surface area contributed by atoms with Crippen LogP contribution in [0.2, 0.25) is 0 Å². The topological polar surface area (TPSA) is 25.4 Å². The molecule has 2 heterocycles. The van der Waals surface area contributed by atoms with E-state index in [1.54, 1.807) is 18.4 Å². The van der Waals surface area contributed by atoms with E-state index in [9.17, 15) is 0 Å². The number of para-hydroxylation sites is 1. The fourth-order valence-corrected chi connectivity index (χ4v) is 3.90. The van der Waals surface area contributed by atoms with Crippen molar-refractivity contribution in [2.24, 2.45) is 0 Å². The van der Waals surface area contributed by atoms with Gasteiger partial charge in [-0.15, -0.1) is 0 Å². The second-order valence-corrected chi connectivity index (χ2v) is 6.22. The molecule has 0 aliphatic carbocycles. The number of anilines is 2. The summed E-state index contributed by atoms with van der Waals surface area (Å²) in [6.45, 7) is 1.04. The molecular weight excluding hydrogens is 280 g/mol. The number of rotatable bonds is 2. The summed E-state index contributed by atoms with van der Waals surface area (Å²) in [5, 5.41) is 1.07. The molecule has 4 rings (SSSR count). The molecule has 0 atom stereocenters. The van der Waals surface area contributed by atoms with E-state index in [0.29, 0.717) is 0 Å². The molecule has 0 spiro atoms. The highest BCUT2D eigenvalue weighted by molar-refractivity contribution is 7.22. The zero-order valence-electron chi connectivity index (χ0n) is 11.9. The highest BCUT2D eigenvalue weighted by Crippen LogP contribution is 2.38. The average molecular weight is 296 g/mol. The Bertz CT molecular complexity index is 796. The number of aryl methyl sites for hydroxylation is 1. The van der Waals surface area contributed by atoms with Crippen LogP contribution in [-0.2, 0) is 6.42 Å². The van der Waals surface area contributed by atoms with E-state index in [2.05, 4.69) is 35.2 Å². The number of nitrogens with zero attached hydrogens (tertiary/aromatic N) is 2. The molecular formula is C17H16N2OS. The minimum atomic E-state index is 0.886. The van der Waals surface area contributed by atoms with Gasteiger partial charge in [0, 0.05) is 12.2 Å². The van der Waals surface area contributed by atoms with Crippen molar-refractivity contribution in [1.82, 2.24) is 4.98 Å². The minimum Gasteiger partial charge on any atom is -0.497 e. The monoisotopic (exact) mass is 296 g/mol. The van der Waals surface area contributed by atoms with Gasteiger partial charge in [-0.05, 0) is 42.7 Å². The van der Waals surface area contributed by atoms with Crippen molar-refractivity contribution in [2.75, 3.05) is 18.6 Å². The second-order valence-electron chi connectivity index (χ2n) is 5.21. The van der Waals surface area contributed by atoms with E-state index in [-0.39, 0.29) is 0 Å². The van der Waals surface area contributed by atoms with E-state index in [1.165, 1.54) is 22.4 Å². The van der Waals surface area contributed by atoms with Crippen molar-refractivity contribution in [1.29, 1.82) is 0 Å². The molecule has 0 radical (unpaired) electrons. The predicted molar refractivity (Wildman–Crippen MR) is 87.9 cm³/mol. The van der Waals surface area contributed by atoms with E-state index in [0.717, 1.165) is 29.4 Å². The molecule has 0 fully saturated rings. The first-order valence-corrected chi connectivity index (χ1v) is 7.97. The van der Waals surface area contributed by atoms with E-state index >= 15 is 0 Å².